The normalized spacial score (nSPS) is 18.8. The van der Waals surface area contributed by atoms with Gasteiger partial charge < -0.3 is 39.0 Å². The number of hydrogen-bond donors (Lipinski definition) is 3. The molecule has 0 aromatic carbocycles. The van der Waals surface area contributed by atoms with Gasteiger partial charge >= 0.3 is 23.9 Å². The molecule has 12 nitrogen and oxygen atoms in total. The highest BCUT2D eigenvalue weighted by Crippen LogP contribution is 2.26. The Morgan fingerprint density at radius 2 is 0.863 bits per heavy atom. The first-order valence-electron chi connectivity index (χ1n) is 28.9. The zero-order valence-corrected chi connectivity index (χ0v) is 45.9. The van der Waals surface area contributed by atoms with Crippen LogP contribution in [0.15, 0.2) is 72.9 Å². The van der Waals surface area contributed by atoms with Crippen molar-refractivity contribution in [2.24, 2.45) is 0 Å². The molecule has 1 rings (SSSR count). The van der Waals surface area contributed by atoms with Crippen molar-refractivity contribution < 1.29 is 58.2 Å². The van der Waals surface area contributed by atoms with Gasteiger partial charge in [0.2, 0.25) is 0 Å². The number of aliphatic hydroxyl groups excluding tert-OH is 2. The lowest BCUT2D eigenvalue weighted by molar-refractivity contribution is -0.301. The molecule has 0 aliphatic carbocycles. The molecule has 3 N–H and O–H groups in total. The van der Waals surface area contributed by atoms with E-state index < -0.39 is 67.3 Å². The minimum atomic E-state index is -1.91. The molecule has 1 heterocycles. The summed E-state index contributed by atoms with van der Waals surface area (Å²) in [5.41, 5.74) is 0. The Morgan fingerprint density at radius 3 is 1.36 bits per heavy atom. The van der Waals surface area contributed by atoms with Crippen LogP contribution in [0, 0.1) is 0 Å². The lowest BCUT2D eigenvalue weighted by Gasteiger charge is -2.40. The molecule has 12 heteroatoms. The number of hydrogen-bond acceptors (Lipinski definition) is 11. The van der Waals surface area contributed by atoms with Gasteiger partial charge in [0.1, 0.15) is 18.8 Å². The molecule has 1 fully saturated rings. The zero-order valence-electron chi connectivity index (χ0n) is 45.9. The molecule has 0 radical (unpaired) electrons. The lowest BCUT2D eigenvalue weighted by atomic mass is 9.98. The summed E-state index contributed by atoms with van der Waals surface area (Å²) in [5.74, 6) is -3.17. The number of allylic oxidation sites excluding steroid dienone is 12. The smallest absolute Gasteiger partial charge is 0.335 e. The maximum Gasteiger partial charge on any atom is 0.335 e. The Hall–Kier alpha value is -3.84. The van der Waals surface area contributed by atoms with Gasteiger partial charge in [0.05, 0.1) is 6.61 Å². The SMILES string of the molecule is CC/C=C\C/C=C\C/C=C\CCCCCC(=O)OC1C(OCC(COC(=O)CCCCCCCC/C=C\C/C=C\C/C=C\CCCCC)OC(=O)CCCCCCCCCCCCC)OC(C(=O)O)C(O)C1O. The molecule has 418 valence electrons. The van der Waals surface area contributed by atoms with Crippen molar-refractivity contribution in [1.82, 2.24) is 0 Å². The van der Waals surface area contributed by atoms with Gasteiger partial charge in [-0.15, -0.1) is 0 Å². The standard InChI is InChI=1S/C61H102O12/c1-4-7-10-13-16-19-22-24-25-26-27-28-29-31-33-35-38-41-44-47-53(62)69-50-52(71-54(63)48-45-42-39-36-32-21-18-15-12-9-6-3)51-70-61-59(57(66)56(65)58(73-61)60(67)68)72-55(64)49-46-43-40-37-34-30-23-20-17-14-11-8-5-2/h8,11,16-17,19-20,24-25,27-28,30,34,52,56-59,61,65-66H,4-7,9-10,12-15,18,21-23,26,29,31-33,35-51H2,1-3H3,(H,67,68)/b11-8-,19-16-,20-17-,25-24-,28-27-,34-30-. The number of carbonyl (C=O) groups is 4. The van der Waals surface area contributed by atoms with Crippen molar-refractivity contribution in [1.29, 1.82) is 0 Å². The Bertz CT molecular complexity index is 1550. The van der Waals surface area contributed by atoms with E-state index in [0.717, 1.165) is 109 Å². The number of aliphatic carboxylic acids is 1. The zero-order chi connectivity index (χ0) is 53.3. The van der Waals surface area contributed by atoms with E-state index in [4.69, 9.17) is 23.7 Å². The van der Waals surface area contributed by atoms with Gasteiger partial charge in [0.15, 0.2) is 24.6 Å². The van der Waals surface area contributed by atoms with Crippen LogP contribution in [0.1, 0.15) is 239 Å². The van der Waals surface area contributed by atoms with Crippen LogP contribution in [0.25, 0.3) is 0 Å². The van der Waals surface area contributed by atoms with Crippen molar-refractivity contribution in [3.8, 4) is 0 Å². The highest BCUT2D eigenvalue weighted by molar-refractivity contribution is 5.74. The number of unbranched alkanes of at least 4 members (excludes halogenated alkanes) is 22. The number of aliphatic hydroxyl groups is 2. The van der Waals surface area contributed by atoms with Crippen molar-refractivity contribution in [3.05, 3.63) is 72.9 Å². The van der Waals surface area contributed by atoms with Crippen LogP contribution in [-0.2, 0) is 42.9 Å². The van der Waals surface area contributed by atoms with E-state index in [1.807, 2.05) is 0 Å². The monoisotopic (exact) mass is 1030 g/mol. The highest BCUT2D eigenvalue weighted by Gasteiger charge is 2.50. The topological polar surface area (TPSA) is 175 Å². The minimum Gasteiger partial charge on any atom is -0.479 e. The average molecular weight is 1030 g/mol. The largest absolute Gasteiger partial charge is 0.479 e. The molecule has 1 aliphatic rings. The molecule has 1 aliphatic heterocycles. The van der Waals surface area contributed by atoms with E-state index in [9.17, 15) is 34.5 Å². The van der Waals surface area contributed by atoms with Gasteiger partial charge in [-0.3, -0.25) is 14.4 Å². The van der Waals surface area contributed by atoms with Crippen molar-refractivity contribution in [2.75, 3.05) is 13.2 Å². The molecule has 0 bridgehead atoms. The predicted molar refractivity (Wildman–Crippen MR) is 294 cm³/mol. The number of carboxylic acids is 1. The minimum absolute atomic E-state index is 0.0230. The van der Waals surface area contributed by atoms with Gasteiger partial charge in [0.25, 0.3) is 0 Å². The fourth-order valence-electron chi connectivity index (χ4n) is 8.33. The van der Waals surface area contributed by atoms with Crippen LogP contribution in [0.4, 0.5) is 0 Å². The van der Waals surface area contributed by atoms with E-state index in [1.165, 1.54) is 70.6 Å². The summed E-state index contributed by atoms with van der Waals surface area (Å²) in [6, 6.07) is 0. The van der Waals surface area contributed by atoms with Gasteiger partial charge in [-0.2, -0.15) is 0 Å². The van der Waals surface area contributed by atoms with E-state index in [0.29, 0.717) is 19.3 Å². The molecule has 0 spiro atoms. The van der Waals surface area contributed by atoms with Crippen molar-refractivity contribution >= 4 is 23.9 Å². The summed E-state index contributed by atoms with van der Waals surface area (Å²) in [7, 11) is 0. The van der Waals surface area contributed by atoms with Crippen LogP contribution in [-0.4, -0.2) is 89.2 Å². The van der Waals surface area contributed by atoms with Crippen molar-refractivity contribution in [2.45, 2.75) is 276 Å². The fraction of sp³-hybridized carbons (Fsp3) is 0.738. The summed E-state index contributed by atoms with van der Waals surface area (Å²) in [6.45, 7) is 5.81. The molecule has 0 aromatic rings. The van der Waals surface area contributed by atoms with Crippen LogP contribution in [0.3, 0.4) is 0 Å². The van der Waals surface area contributed by atoms with Crippen LogP contribution < -0.4 is 0 Å². The van der Waals surface area contributed by atoms with Crippen LogP contribution in [0.5, 0.6) is 0 Å². The first-order chi connectivity index (χ1) is 35.6. The molecule has 0 saturated carbocycles. The van der Waals surface area contributed by atoms with E-state index in [-0.39, 0.29) is 25.9 Å². The first-order valence-corrected chi connectivity index (χ1v) is 28.9. The molecular formula is C61H102O12. The molecule has 0 amide bonds. The fourth-order valence-corrected chi connectivity index (χ4v) is 8.33. The summed E-state index contributed by atoms with van der Waals surface area (Å²) < 4.78 is 28.3. The number of esters is 3. The molecule has 73 heavy (non-hydrogen) atoms. The summed E-state index contributed by atoms with van der Waals surface area (Å²) >= 11 is 0. The molecule has 0 aromatic heterocycles. The molecule has 6 unspecified atom stereocenters. The summed E-state index contributed by atoms with van der Waals surface area (Å²) in [5, 5.41) is 31.4. The van der Waals surface area contributed by atoms with Crippen molar-refractivity contribution in [3.63, 3.8) is 0 Å². The van der Waals surface area contributed by atoms with Gasteiger partial charge in [-0.1, -0.05) is 203 Å². The Labute approximate surface area is 442 Å². The lowest BCUT2D eigenvalue weighted by Crippen LogP contribution is -2.61. The Balaban J connectivity index is 2.69. The number of rotatable bonds is 48. The predicted octanol–water partition coefficient (Wildman–Crippen LogP) is 14.6. The second kappa shape index (κ2) is 49.1. The molecule has 6 atom stereocenters. The second-order valence-corrected chi connectivity index (χ2v) is 19.5. The maximum absolute atomic E-state index is 13.1. The van der Waals surface area contributed by atoms with Gasteiger partial charge in [0, 0.05) is 19.3 Å². The van der Waals surface area contributed by atoms with Gasteiger partial charge in [-0.05, 0) is 89.9 Å². The summed E-state index contributed by atoms with van der Waals surface area (Å²) in [6.07, 6.45) is 48.8. The molecular weight excluding hydrogens is 925 g/mol. The quantitative estimate of drug-likeness (QED) is 0.0228. The number of carboxylic acid groups (broad SMARTS) is 1. The highest BCUT2D eigenvalue weighted by atomic mass is 16.7. The van der Waals surface area contributed by atoms with Gasteiger partial charge in [-0.25, -0.2) is 4.79 Å². The Morgan fingerprint density at radius 1 is 0.466 bits per heavy atom. The second-order valence-electron chi connectivity index (χ2n) is 19.5. The molecule has 1 saturated heterocycles. The third-order valence-corrected chi connectivity index (χ3v) is 12.8. The third kappa shape index (κ3) is 39.3. The summed E-state index contributed by atoms with van der Waals surface area (Å²) in [4.78, 5) is 51.0. The van der Waals surface area contributed by atoms with Crippen LogP contribution in [0.2, 0.25) is 0 Å². The van der Waals surface area contributed by atoms with E-state index in [1.54, 1.807) is 0 Å². The maximum atomic E-state index is 13.1. The first kappa shape index (κ1) is 67.2. The Kier molecular flexibility index (Phi) is 45.1. The number of carbonyl (C=O) groups excluding carboxylic acids is 3. The van der Waals surface area contributed by atoms with Crippen LogP contribution >= 0.6 is 0 Å². The third-order valence-electron chi connectivity index (χ3n) is 12.8. The average Bonchev–Trinajstić information content (AvgIpc) is 3.37. The van der Waals surface area contributed by atoms with E-state index in [2.05, 4.69) is 93.7 Å². The number of ether oxygens (including phenoxy) is 5. The van der Waals surface area contributed by atoms with E-state index >= 15 is 0 Å².